The number of aryl methyl sites for hydroxylation is 1. The highest BCUT2D eigenvalue weighted by atomic mass is 19.1. The zero-order chi connectivity index (χ0) is 17.7. The monoisotopic (exact) mass is 336 g/mol. The normalized spacial score (nSPS) is 21.2. The number of anilines is 1. The fourth-order valence-electron chi connectivity index (χ4n) is 3.12. The Morgan fingerprint density at radius 1 is 1.29 bits per heavy atom. The van der Waals surface area contributed by atoms with E-state index in [1.165, 1.54) is 6.07 Å². The van der Waals surface area contributed by atoms with E-state index in [0.29, 0.717) is 12.5 Å². The van der Waals surface area contributed by atoms with Gasteiger partial charge in [0.1, 0.15) is 11.4 Å². The first kappa shape index (κ1) is 18.6. The molecule has 1 aliphatic carbocycles. The van der Waals surface area contributed by atoms with Crippen molar-refractivity contribution in [2.75, 3.05) is 11.9 Å². The van der Waals surface area contributed by atoms with Crippen LogP contribution in [0, 0.1) is 18.7 Å². The van der Waals surface area contributed by atoms with E-state index in [-0.39, 0.29) is 18.0 Å². The van der Waals surface area contributed by atoms with Gasteiger partial charge in [0.05, 0.1) is 0 Å². The number of alkyl carbamates (subject to hydrolysis) is 1. The van der Waals surface area contributed by atoms with Crippen molar-refractivity contribution in [1.29, 1.82) is 0 Å². The molecule has 1 aromatic rings. The highest BCUT2D eigenvalue weighted by Gasteiger charge is 2.26. The lowest BCUT2D eigenvalue weighted by Gasteiger charge is -2.33. The third kappa shape index (κ3) is 5.69. The summed E-state index contributed by atoms with van der Waals surface area (Å²) < 4.78 is 18.8. The predicted molar refractivity (Wildman–Crippen MR) is 94.7 cm³/mol. The molecule has 0 aromatic heterocycles. The van der Waals surface area contributed by atoms with Crippen LogP contribution in [0.2, 0.25) is 0 Å². The number of nitrogens with one attached hydrogen (secondary N) is 2. The van der Waals surface area contributed by atoms with Crippen molar-refractivity contribution < 1.29 is 13.9 Å². The van der Waals surface area contributed by atoms with Crippen LogP contribution in [-0.4, -0.2) is 24.3 Å². The second kappa shape index (κ2) is 7.86. The first-order chi connectivity index (χ1) is 11.2. The minimum atomic E-state index is -0.493. The molecule has 0 bridgehead atoms. The molecule has 1 saturated carbocycles. The Balaban J connectivity index is 1.95. The van der Waals surface area contributed by atoms with Gasteiger partial charge in [0.15, 0.2) is 0 Å². The molecule has 2 atom stereocenters. The molecule has 0 saturated heterocycles. The van der Waals surface area contributed by atoms with Crippen LogP contribution in [0.25, 0.3) is 0 Å². The van der Waals surface area contributed by atoms with Crippen molar-refractivity contribution in [1.82, 2.24) is 5.32 Å². The molecule has 0 heterocycles. The molecule has 1 aromatic carbocycles. The van der Waals surface area contributed by atoms with Gasteiger partial charge in [-0.25, -0.2) is 9.18 Å². The van der Waals surface area contributed by atoms with Gasteiger partial charge in [-0.05, 0) is 64.2 Å². The Morgan fingerprint density at radius 3 is 2.71 bits per heavy atom. The summed E-state index contributed by atoms with van der Waals surface area (Å²) in [6.07, 6.45) is 3.99. The van der Waals surface area contributed by atoms with Gasteiger partial charge in [0, 0.05) is 18.3 Å². The minimum Gasteiger partial charge on any atom is -0.444 e. The maximum Gasteiger partial charge on any atom is 0.407 e. The molecule has 0 aliphatic heterocycles. The van der Waals surface area contributed by atoms with Crippen LogP contribution < -0.4 is 10.6 Å². The number of amides is 1. The van der Waals surface area contributed by atoms with Gasteiger partial charge >= 0.3 is 6.09 Å². The summed E-state index contributed by atoms with van der Waals surface area (Å²) in [5, 5.41) is 6.36. The Hall–Kier alpha value is -1.78. The Bertz CT molecular complexity index is 569. The second-order valence-corrected chi connectivity index (χ2v) is 7.64. The number of benzene rings is 1. The van der Waals surface area contributed by atoms with Gasteiger partial charge < -0.3 is 15.4 Å². The highest BCUT2D eigenvalue weighted by molar-refractivity contribution is 5.67. The molecular weight excluding hydrogens is 307 g/mol. The first-order valence-electron chi connectivity index (χ1n) is 8.74. The molecular formula is C19H29FN2O2. The lowest BCUT2D eigenvalue weighted by Crippen LogP contribution is -2.42. The quantitative estimate of drug-likeness (QED) is 0.843. The molecule has 24 heavy (non-hydrogen) atoms. The molecule has 1 aliphatic rings. The van der Waals surface area contributed by atoms with Gasteiger partial charge in [-0.2, -0.15) is 0 Å². The zero-order valence-electron chi connectivity index (χ0n) is 15.1. The van der Waals surface area contributed by atoms with E-state index < -0.39 is 5.60 Å². The smallest absolute Gasteiger partial charge is 0.407 e. The molecule has 134 valence electrons. The SMILES string of the molecule is Cc1ccc(F)cc1NC1CCCCC1CNC(=O)OC(C)(C)C. The fourth-order valence-corrected chi connectivity index (χ4v) is 3.12. The van der Waals surface area contributed by atoms with Crippen molar-refractivity contribution >= 4 is 11.8 Å². The van der Waals surface area contributed by atoms with E-state index in [1.807, 2.05) is 27.7 Å². The zero-order valence-corrected chi connectivity index (χ0v) is 15.1. The summed E-state index contributed by atoms with van der Waals surface area (Å²) in [5.41, 5.74) is 1.37. The Kier molecular flexibility index (Phi) is 6.08. The van der Waals surface area contributed by atoms with Crippen LogP contribution in [0.1, 0.15) is 52.0 Å². The fraction of sp³-hybridized carbons (Fsp3) is 0.632. The molecule has 2 N–H and O–H groups in total. The van der Waals surface area contributed by atoms with Crippen LogP contribution in [0.3, 0.4) is 0 Å². The van der Waals surface area contributed by atoms with Crippen LogP contribution >= 0.6 is 0 Å². The van der Waals surface area contributed by atoms with Gasteiger partial charge in [0.2, 0.25) is 0 Å². The van der Waals surface area contributed by atoms with Crippen LogP contribution in [-0.2, 0) is 4.74 Å². The summed E-state index contributed by atoms with van der Waals surface area (Å²) in [6.45, 7) is 8.10. The number of halogens is 1. The Labute approximate surface area is 144 Å². The third-order valence-electron chi connectivity index (χ3n) is 4.36. The van der Waals surface area contributed by atoms with E-state index in [9.17, 15) is 9.18 Å². The van der Waals surface area contributed by atoms with Crippen molar-refractivity contribution in [3.8, 4) is 0 Å². The van der Waals surface area contributed by atoms with Crippen molar-refractivity contribution in [3.05, 3.63) is 29.6 Å². The maximum absolute atomic E-state index is 13.5. The van der Waals surface area contributed by atoms with Crippen LogP contribution in [0.5, 0.6) is 0 Å². The largest absolute Gasteiger partial charge is 0.444 e. The molecule has 5 heteroatoms. The molecule has 0 spiro atoms. The number of carbonyl (C=O) groups excluding carboxylic acids is 1. The van der Waals surface area contributed by atoms with E-state index in [4.69, 9.17) is 4.74 Å². The summed E-state index contributed by atoms with van der Waals surface area (Å²) in [5.74, 6) is 0.0799. The van der Waals surface area contributed by atoms with Crippen LogP contribution in [0.15, 0.2) is 18.2 Å². The lowest BCUT2D eigenvalue weighted by molar-refractivity contribution is 0.0514. The van der Waals surface area contributed by atoms with E-state index >= 15 is 0 Å². The van der Waals surface area contributed by atoms with Gasteiger partial charge in [-0.15, -0.1) is 0 Å². The topological polar surface area (TPSA) is 50.4 Å². The average Bonchev–Trinajstić information content (AvgIpc) is 2.48. The second-order valence-electron chi connectivity index (χ2n) is 7.64. The first-order valence-corrected chi connectivity index (χ1v) is 8.74. The number of rotatable bonds is 4. The van der Waals surface area contributed by atoms with Crippen LogP contribution in [0.4, 0.5) is 14.9 Å². The van der Waals surface area contributed by atoms with Gasteiger partial charge in [-0.3, -0.25) is 0 Å². The molecule has 2 unspecified atom stereocenters. The molecule has 1 amide bonds. The van der Waals surface area contributed by atoms with Gasteiger partial charge in [-0.1, -0.05) is 18.9 Å². The number of hydrogen-bond donors (Lipinski definition) is 2. The summed E-state index contributed by atoms with van der Waals surface area (Å²) in [6, 6.07) is 5.04. The summed E-state index contributed by atoms with van der Waals surface area (Å²) in [7, 11) is 0. The van der Waals surface area contributed by atoms with Gasteiger partial charge in [0.25, 0.3) is 0 Å². The number of carbonyl (C=O) groups is 1. The number of hydrogen-bond acceptors (Lipinski definition) is 3. The minimum absolute atomic E-state index is 0.231. The summed E-state index contributed by atoms with van der Waals surface area (Å²) in [4.78, 5) is 11.9. The third-order valence-corrected chi connectivity index (χ3v) is 4.36. The lowest BCUT2D eigenvalue weighted by atomic mass is 9.84. The molecule has 0 radical (unpaired) electrons. The molecule has 4 nitrogen and oxygen atoms in total. The average molecular weight is 336 g/mol. The standard InChI is InChI=1S/C19H29FN2O2/c1-13-9-10-15(20)11-17(13)22-16-8-6-5-7-14(16)12-21-18(23)24-19(2,3)4/h9-11,14,16,22H,5-8,12H2,1-4H3,(H,21,23). The molecule has 2 rings (SSSR count). The Morgan fingerprint density at radius 2 is 2.00 bits per heavy atom. The summed E-state index contributed by atoms with van der Waals surface area (Å²) >= 11 is 0. The van der Waals surface area contributed by atoms with E-state index in [0.717, 1.165) is 36.9 Å². The van der Waals surface area contributed by atoms with E-state index in [1.54, 1.807) is 12.1 Å². The molecule has 1 fully saturated rings. The predicted octanol–water partition coefficient (Wildman–Crippen LogP) is 4.63. The number of ether oxygens (including phenoxy) is 1. The van der Waals surface area contributed by atoms with Crippen molar-refractivity contribution in [2.45, 2.75) is 65.0 Å². The highest BCUT2D eigenvalue weighted by Crippen LogP contribution is 2.28. The van der Waals surface area contributed by atoms with Crippen molar-refractivity contribution in [3.63, 3.8) is 0 Å². The van der Waals surface area contributed by atoms with E-state index in [2.05, 4.69) is 10.6 Å². The van der Waals surface area contributed by atoms with Crippen molar-refractivity contribution in [2.24, 2.45) is 5.92 Å². The maximum atomic E-state index is 13.5.